The Labute approximate surface area is 129 Å². The molecule has 2 heterocycles. The van der Waals surface area contributed by atoms with Gasteiger partial charge < -0.3 is 4.42 Å². The standard InChI is InChI=1S/C12H4Cl2F3N3O2/c13-9-10(14)19-6(3-18-9)4-1-2-5(12(15,16)17)7-8(4)22-11(21)20-7/h1-3H,(H,20,21). The Morgan fingerprint density at radius 1 is 1.18 bits per heavy atom. The fourth-order valence-electron chi connectivity index (χ4n) is 1.95. The van der Waals surface area contributed by atoms with Gasteiger partial charge in [0.25, 0.3) is 0 Å². The first-order valence-electron chi connectivity index (χ1n) is 5.69. The zero-order valence-electron chi connectivity index (χ0n) is 10.3. The van der Waals surface area contributed by atoms with Crippen LogP contribution in [0.3, 0.4) is 0 Å². The Balaban J connectivity index is 2.32. The van der Waals surface area contributed by atoms with Crippen LogP contribution in [0.5, 0.6) is 0 Å². The number of benzene rings is 1. The number of nitrogens with zero attached hydrogens (tertiary/aromatic N) is 2. The van der Waals surface area contributed by atoms with Crippen LogP contribution < -0.4 is 5.76 Å². The van der Waals surface area contributed by atoms with Gasteiger partial charge >= 0.3 is 11.9 Å². The Morgan fingerprint density at radius 2 is 1.91 bits per heavy atom. The lowest BCUT2D eigenvalue weighted by Crippen LogP contribution is -2.06. The van der Waals surface area contributed by atoms with Crippen molar-refractivity contribution >= 4 is 34.3 Å². The topological polar surface area (TPSA) is 71.8 Å². The van der Waals surface area contributed by atoms with Crippen LogP contribution in [0.1, 0.15) is 5.56 Å². The molecule has 3 aromatic rings. The van der Waals surface area contributed by atoms with Crippen molar-refractivity contribution in [1.29, 1.82) is 0 Å². The van der Waals surface area contributed by atoms with Crippen molar-refractivity contribution in [3.8, 4) is 11.3 Å². The molecule has 10 heteroatoms. The zero-order valence-corrected chi connectivity index (χ0v) is 11.8. The largest absolute Gasteiger partial charge is 0.418 e. The molecule has 0 saturated heterocycles. The lowest BCUT2D eigenvalue weighted by Gasteiger charge is -2.09. The van der Waals surface area contributed by atoms with E-state index in [0.717, 1.165) is 12.1 Å². The van der Waals surface area contributed by atoms with Crippen LogP contribution in [0.15, 0.2) is 27.5 Å². The smallest absolute Gasteiger partial charge is 0.407 e. The molecule has 0 saturated carbocycles. The first kappa shape index (κ1) is 14.9. The predicted octanol–water partition coefficient (Wildman–Crippen LogP) is 3.90. The van der Waals surface area contributed by atoms with Gasteiger partial charge in [0.2, 0.25) is 0 Å². The van der Waals surface area contributed by atoms with Gasteiger partial charge in [-0.15, -0.1) is 0 Å². The number of alkyl halides is 3. The molecule has 0 radical (unpaired) electrons. The van der Waals surface area contributed by atoms with Crippen molar-refractivity contribution in [3.63, 3.8) is 0 Å². The van der Waals surface area contributed by atoms with E-state index in [4.69, 9.17) is 27.6 Å². The fourth-order valence-corrected chi connectivity index (χ4v) is 2.18. The van der Waals surface area contributed by atoms with E-state index in [1.807, 2.05) is 4.98 Å². The third-order valence-corrected chi connectivity index (χ3v) is 3.49. The first-order valence-corrected chi connectivity index (χ1v) is 6.44. The van der Waals surface area contributed by atoms with Gasteiger partial charge in [-0.3, -0.25) is 4.98 Å². The molecule has 5 nitrogen and oxygen atoms in total. The monoisotopic (exact) mass is 349 g/mol. The predicted molar refractivity (Wildman–Crippen MR) is 72.9 cm³/mol. The van der Waals surface area contributed by atoms with Gasteiger partial charge in [0.1, 0.15) is 5.52 Å². The SMILES string of the molecule is O=c1[nH]c2c(C(F)(F)F)ccc(-c3cnc(Cl)c(Cl)n3)c2o1. The molecular formula is C12H4Cl2F3N3O2. The quantitative estimate of drug-likeness (QED) is 0.723. The molecule has 1 aromatic carbocycles. The minimum Gasteiger partial charge on any atom is -0.407 e. The summed E-state index contributed by atoms with van der Waals surface area (Å²) in [5, 5.41) is -0.172. The Kier molecular flexibility index (Phi) is 3.37. The minimum atomic E-state index is -4.65. The number of hydrogen-bond acceptors (Lipinski definition) is 4. The van der Waals surface area contributed by atoms with Crippen molar-refractivity contribution < 1.29 is 17.6 Å². The number of fused-ring (bicyclic) bond motifs is 1. The van der Waals surface area contributed by atoms with E-state index in [9.17, 15) is 18.0 Å². The van der Waals surface area contributed by atoms with Crippen molar-refractivity contribution in [2.75, 3.05) is 0 Å². The molecule has 2 aromatic heterocycles. The fraction of sp³-hybridized carbons (Fsp3) is 0.0833. The number of aromatic nitrogens is 3. The first-order chi connectivity index (χ1) is 10.3. The normalized spacial score (nSPS) is 12.0. The van der Waals surface area contributed by atoms with Gasteiger partial charge in [-0.2, -0.15) is 13.2 Å². The van der Waals surface area contributed by atoms with Gasteiger partial charge in [-0.05, 0) is 12.1 Å². The van der Waals surface area contributed by atoms with E-state index >= 15 is 0 Å². The Bertz CT molecular complexity index is 933. The van der Waals surface area contributed by atoms with Crippen LogP contribution in [0.4, 0.5) is 13.2 Å². The lowest BCUT2D eigenvalue weighted by atomic mass is 10.1. The summed E-state index contributed by atoms with van der Waals surface area (Å²) in [6.45, 7) is 0. The highest BCUT2D eigenvalue weighted by Crippen LogP contribution is 2.37. The number of hydrogen-bond donors (Lipinski definition) is 1. The van der Waals surface area contributed by atoms with Crippen LogP contribution in [0.2, 0.25) is 10.3 Å². The summed E-state index contributed by atoms with van der Waals surface area (Å²) in [6.07, 6.45) is -3.43. The maximum atomic E-state index is 12.9. The average molecular weight is 350 g/mol. The van der Waals surface area contributed by atoms with Crippen LogP contribution in [-0.2, 0) is 6.18 Å². The van der Waals surface area contributed by atoms with Gasteiger partial charge in [-0.25, -0.2) is 14.8 Å². The van der Waals surface area contributed by atoms with Crippen molar-refractivity contribution in [2.24, 2.45) is 0 Å². The maximum Gasteiger partial charge on any atom is 0.418 e. The maximum absolute atomic E-state index is 12.9. The molecule has 0 aliphatic heterocycles. The van der Waals surface area contributed by atoms with Gasteiger partial charge in [0.15, 0.2) is 15.9 Å². The van der Waals surface area contributed by atoms with Crippen LogP contribution >= 0.6 is 23.2 Å². The van der Waals surface area contributed by atoms with Crippen LogP contribution in [-0.4, -0.2) is 15.0 Å². The molecule has 0 amide bonds. The number of aromatic amines is 1. The summed E-state index contributed by atoms with van der Waals surface area (Å²) in [6, 6.07) is 1.93. The average Bonchev–Trinajstić information content (AvgIpc) is 2.80. The van der Waals surface area contributed by atoms with Crippen LogP contribution in [0, 0.1) is 0 Å². The Hall–Kier alpha value is -2.06. The molecule has 0 fully saturated rings. The highest BCUT2D eigenvalue weighted by molar-refractivity contribution is 6.40. The molecule has 114 valence electrons. The summed E-state index contributed by atoms with van der Waals surface area (Å²) in [5.41, 5.74) is -1.52. The molecule has 1 N–H and O–H groups in total. The van der Waals surface area contributed by atoms with E-state index in [1.165, 1.54) is 6.20 Å². The Morgan fingerprint density at radius 3 is 2.55 bits per heavy atom. The summed E-state index contributed by atoms with van der Waals surface area (Å²) >= 11 is 11.4. The summed E-state index contributed by atoms with van der Waals surface area (Å²) in [4.78, 5) is 21.0. The van der Waals surface area contributed by atoms with Gasteiger partial charge in [0, 0.05) is 5.56 Å². The number of H-pyrrole nitrogens is 1. The number of halogens is 5. The van der Waals surface area contributed by atoms with E-state index in [2.05, 4.69) is 9.97 Å². The zero-order chi connectivity index (χ0) is 16.1. The van der Waals surface area contributed by atoms with E-state index in [-0.39, 0.29) is 27.1 Å². The molecule has 0 aliphatic rings. The molecular weight excluding hydrogens is 346 g/mol. The minimum absolute atomic E-state index is 0.0518. The summed E-state index contributed by atoms with van der Waals surface area (Å²) < 4.78 is 43.6. The second kappa shape index (κ2) is 4.99. The molecule has 0 unspecified atom stereocenters. The summed E-state index contributed by atoms with van der Waals surface area (Å²) in [7, 11) is 0. The summed E-state index contributed by atoms with van der Waals surface area (Å²) in [5.74, 6) is -1.01. The van der Waals surface area contributed by atoms with E-state index in [1.54, 1.807) is 0 Å². The molecule has 0 bridgehead atoms. The molecule has 0 atom stereocenters. The van der Waals surface area contributed by atoms with Crippen molar-refractivity contribution in [3.05, 3.63) is 44.7 Å². The molecule has 3 rings (SSSR count). The third-order valence-electron chi connectivity index (χ3n) is 2.85. The third kappa shape index (κ3) is 2.44. The van der Waals surface area contributed by atoms with Crippen LogP contribution in [0.25, 0.3) is 22.4 Å². The second-order valence-corrected chi connectivity index (χ2v) is 4.93. The van der Waals surface area contributed by atoms with E-state index < -0.39 is 23.0 Å². The molecule has 0 spiro atoms. The van der Waals surface area contributed by atoms with Crippen molar-refractivity contribution in [1.82, 2.24) is 15.0 Å². The van der Waals surface area contributed by atoms with Gasteiger partial charge in [-0.1, -0.05) is 23.2 Å². The van der Waals surface area contributed by atoms with Crippen molar-refractivity contribution in [2.45, 2.75) is 6.18 Å². The molecule has 0 aliphatic carbocycles. The number of oxazole rings is 1. The number of nitrogens with one attached hydrogen (secondary N) is 1. The second-order valence-electron chi connectivity index (χ2n) is 4.21. The lowest BCUT2D eigenvalue weighted by molar-refractivity contribution is -0.136. The van der Waals surface area contributed by atoms with E-state index in [0.29, 0.717) is 0 Å². The number of rotatable bonds is 1. The molecule has 22 heavy (non-hydrogen) atoms. The van der Waals surface area contributed by atoms with Gasteiger partial charge in [0.05, 0.1) is 17.5 Å². The highest BCUT2D eigenvalue weighted by Gasteiger charge is 2.34. The highest BCUT2D eigenvalue weighted by atomic mass is 35.5.